The van der Waals surface area contributed by atoms with E-state index in [-0.39, 0.29) is 11.9 Å². The Labute approximate surface area is 72.6 Å². The number of carbonyl (C=O) groups excluding carboxylic acids is 1. The lowest BCUT2D eigenvalue weighted by atomic mass is 10.2. The van der Waals surface area contributed by atoms with Crippen molar-refractivity contribution in [2.75, 3.05) is 5.88 Å². The van der Waals surface area contributed by atoms with E-state index in [4.69, 9.17) is 11.6 Å². The molecule has 11 heavy (non-hydrogen) atoms. The third-order valence-electron chi connectivity index (χ3n) is 1.26. The molecule has 0 fully saturated rings. The normalized spacial score (nSPS) is 12.3. The van der Waals surface area contributed by atoms with Gasteiger partial charge < -0.3 is 5.32 Å². The van der Waals surface area contributed by atoms with Gasteiger partial charge in [-0.2, -0.15) is 0 Å². The lowest BCUT2D eigenvalue weighted by Crippen LogP contribution is -2.35. The third kappa shape index (κ3) is 4.04. The van der Waals surface area contributed by atoms with E-state index >= 15 is 0 Å². The van der Waals surface area contributed by atoms with Crippen LogP contribution in [0.2, 0.25) is 0 Å². The van der Waals surface area contributed by atoms with E-state index < -0.39 is 0 Å². The molecule has 0 aromatic carbocycles. The second-order valence-electron chi connectivity index (χ2n) is 2.39. The summed E-state index contributed by atoms with van der Waals surface area (Å²) in [6, 6.07) is -0.0409. The molecule has 1 N–H and O–H groups in total. The largest absolute Gasteiger partial charge is 0.348 e. The molecule has 0 rings (SSSR count). The van der Waals surface area contributed by atoms with Crippen LogP contribution in [0.1, 0.15) is 13.3 Å². The molecule has 1 unspecified atom stereocenters. The maximum absolute atomic E-state index is 11.0. The molecule has 0 heterocycles. The minimum absolute atomic E-state index is 0.0409. The first-order chi connectivity index (χ1) is 5.11. The van der Waals surface area contributed by atoms with Gasteiger partial charge in [-0.15, -0.1) is 11.6 Å². The summed E-state index contributed by atoms with van der Waals surface area (Å²) in [7, 11) is 0. The topological polar surface area (TPSA) is 29.1 Å². The molecule has 3 heteroatoms. The van der Waals surface area contributed by atoms with Gasteiger partial charge in [0.25, 0.3) is 0 Å². The fourth-order valence-corrected chi connectivity index (χ4v) is 0.728. The van der Waals surface area contributed by atoms with E-state index in [1.807, 2.05) is 0 Å². The van der Waals surface area contributed by atoms with Crippen molar-refractivity contribution in [1.82, 2.24) is 5.32 Å². The molecule has 0 aromatic heterocycles. The summed E-state index contributed by atoms with van der Waals surface area (Å²) in [6.45, 7) is 8.80. The Hall–Kier alpha value is -0.500. The van der Waals surface area contributed by atoms with E-state index in [9.17, 15) is 4.79 Å². The molecule has 1 atom stereocenters. The Morgan fingerprint density at radius 3 is 2.55 bits per heavy atom. The standard InChI is InChI=1S/C8H13ClNO/c1-4-7(5-9)10-8(11)6(2)3/h7H,1-2,4-5H2,3H3,(H,10,11). The highest BCUT2D eigenvalue weighted by molar-refractivity contribution is 6.18. The zero-order chi connectivity index (χ0) is 8.85. The maximum Gasteiger partial charge on any atom is 0.246 e. The van der Waals surface area contributed by atoms with E-state index in [0.29, 0.717) is 17.9 Å². The molecule has 0 aliphatic heterocycles. The van der Waals surface area contributed by atoms with Crippen LogP contribution in [0.3, 0.4) is 0 Å². The molecule has 63 valence electrons. The fourth-order valence-electron chi connectivity index (χ4n) is 0.496. The van der Waals surface area contributed by atoms with Gasteiger partial charge in [-0.1, -0.05) is 13.5 Å². The Bertz CT molecular complexity index is 152. The fraction of sp³-hybridized carbons (Fsp3) is 0.500. The van der Waals surface area contributed by atoms with Crippen molar-refractivity contribution in [2.24, 2.45) is 0 Å². The molecule has 0 bridgehead atoms. The van der Waals surface area contributed by atoms with E-state index in [2.05, 4.69) is 18.8 Å². The van der Waals surface area contributed by atoms with Crippen LogP contribution in [0.15, 0.2) is 12.2 Å². The van der Waals surface area contributed by atoms with Gasteiger partial charge in [0.05, 0.1) is 0 Å². The number of halogens is 1. The van der Waals surface area contributed by atoms with Crippen molar-refractivity contribution in [1.29, 1.82) is 0 Å². The highest BCUT2D eigenvalue weighted by atomic mass is 35.5. The number of nitrogens with one attached hydrogen (secondary N) is 1. The van der Waals surface area contributed by atoms with E-state index in [1.54, 1.807) is 6.92 Å². The van der Waals surface area contributed by atoms with Gasteiger partial charge in [0, 0.05) is 17.5 Å². The van der Waals surface area contributed by atoms with Crippen LogP contribution in [0.4, 0.5) is 0 Å². The second-order valence-corrected chi connectivity index (χ2v) is 2.70. The first-order valence-corrected chi connectivity index (χ1v) is 3.96. The molecule has 0 saturated heterocycles. The van der Waals surface area contributed by atoms with Crippen LogP contribution < -0.4 is 5.32 Å². The quantitative estimate of drug-likeness (QED) is 0.508. The van der Waals surface area contributed by atoms with Gasteiger partial charge in [0.2, 0.25) is 5.91 Å². The van der Waals surface area contributed by atoms with E-state index in [0.717, 1.165) is 0 Å². The van der Waals surface area contributed by atoms with Crippen molar-refractivity contribution >= 4 is 17.5 Å². The summed E-state index contributed by atoms with van der Waals surface area (Å²) in [5.74, 6) is 0.238. The van der Waals surface area contributed by atoms with Gasteiger partial charge in [0.1, 0.15) is 0 Å². The Morgan fingerprint density at radius 2 is 2.27 bits per heavy atom. The molecule has 0 aromatic rings. The molecule has 1 radical (unpaired) electrons. The molecule has 0 aliphatic carbocycles. The molecule has 1 amide bonds. The number of carbonyl (C=O) groups is 1. The smallest absolute Gasteiger partial charge is 0.246 e. The van der Waals surface area contributed by atoms with Crippen LogP contribution in [-0.4, -0.2) is 17.8 Å². The Balaban J connectivity index is 3.81. The van der Waals surface area contributed by atoms with Crippen LogP contribution in [0.25, 0.3) is 0 Å². The third-order valence-corrected chi connectivity index (χ3v) is 1.63. The number of alkyl halides is 1. The zero-order valence-corrected chi connectivity index (χ0v) is 7.45. The van der Waals surface area contributed by atoms with Crippen molar-refractivity contribution in [3.8, 4) is 0 Å². The van der Waals surface area contributed by atoms with Crippen LogP contribution in [-0.2, 0) is 4.79 Å². The number of hydrogen-bond donors (Lipinski definition) is 1. The summed E-state index contributed by atoms with van der Waals surface area (Å²) < 4.78 is 0. The number of rotatable bonds is 4. The molecular formula is C8H13ClNO. The van der Waals surface area contributed by atoms with Gasteiger partial charge in [0.15, 0.2) is 0 Å². The summed E-state index contributed by atoms with van der Waals surface area (Å²) in [4.78, 5) is 11.0. The monoisotopic (exact) mass is 174 g/mol. The number of amides is 1. The van der Waals surface area contributed by atoms with Gasteiger partial charge in [-0.3, -0.25) is 4.79 Å². The molecule has 0 saturated carbocycles. The predicted octanol–water partition coefficient (Wildman–Crippen LogP) is 1.51. The molecule has 0 spiro atoms. The van der Waals surface area contributed by atoms with Crippen LogP contribution >= 0.6 is 11.6 Å². The summed E-state index contributed by atoms with van der Waals surface area (Å²) in [5, 5.41) is 2.68. The van der Waals surface area contributed by atoms with Gasteiger partial charge in [-0.05, 0) is 13.3 Å². The first-order valence-electron chi connectivity index (χ1n) is 3.43. The lowest BCUT2D eigenvalue weighted by Gasteiger charge is -2.12. The SMILES string of the molecule is [CH2]CC(CCl)NC(=O)C(=C)C. The van der Waals surface area contributed by atoms with E-state index in [1.165, 1.54) is 0 Å². The maximum atomic E-state index is 11.0. The average Bonchev–Trinajstić information content (AvgIpc) is 1.99. The van der Waals surface area contributed by atoms with Crippen molar-refractivity contribution in [2.45, 2.75) is 19.4 Å². The van der Waals surface area contributed by atoms with Crippen molar-refractivity contribution in [3.63, 3.8) is 0 Å². The minimum atomic E-state index is -0.153. The Kier molecular flexibility index (Phi) is 4.95. The van der Waals surface area contributed by atoms with Crippen molar-refractivity contribution < 1.29 is 4.79 Å². The summed E-state index contributed by atoms with van der Waals surface area (Å²) in [5.41, 5.74) is 0.494. The molecule has 2 nitrogen and oxygen atoms in total. The summed E-state index contributed by atoms with van der Waals surface area (Å²) in [6.07, 6.45) is 0.600. The molecular weight excluding hydrogens is 162 g/mol. The van der Waals surface area contributed by atoms with Gasteiger partial charge in [-0.25, -0.2) is 0 Å². The average molecular weight is 175 g/mol. The Morgan fingerprint density at radius 1 is 1.73 bits per heavy atom. The summed E-state index contributed by atoms with van der Waals surface area (Å²) >= 11 is 5.53. The van der Waals surface area contributed by atoms with Crippen LogP contribution in [0.5, 0.6) is 0 Å². The highest BCUT2D eigenvalue weighted by Gasteiger charge is 2.08. The molecule has 0 aliphatic rings. The van der Waals surface area contributed by atoms with Crippen molar-refractivity contribution in [3.05, 3.63) is 19.1 Å². The minimum Gasteiger partial charge on any atom is -0.348 e. The first kappa shape index (κ1) is 10.5. The van der Waals surface area contributed by atoms with Gasteiger partial charge >= 0.3 is 0 Å². The predicted molar refractivity (Wildman–Crippen MR) is 47.4 cm³/mol. The zero-order valence-electron chi connectivity index (χ0n) is 6.69. The second kappa shape index (κ2) is 5.19. The van der Waals surface area contributed by atoms with Crippen LogP contribution in [0, 0.1) is 6.92 Å². The lowest BCUT2D eigenvalue weighted by molar-refractivity contribution is -0.117. The highest BCUT2D eigenvalue weighted by Crippen LogP contribution is 1.95. The number of hydrogen-bond acceptors (Lipinski definition) is 1.